The first-order valence-corrected chi connectivity index (χ1v) is 6.57. The van der Waals surface area contributed by atoms with Gasteiger partial charge in [-0.05, 0) is 31.9 Å². The van der Waals surface area contributed by atoms with Crippen molar-refractivity contribution in [1.29, 1.82) is 0 Å². The normalized spacial score (nSPS) is 9.45. The van der Waals surface area contributed by atoms with E-state index in [1.807, 2.05) is 0 Å². The smallest absolute Gasteiger partial charge is 0.293 e. The molecule has 0 aliphatic rings. The van der Waals surface area contributed by atoms with E-state index in [9.17, 15) is 14.9 Å². The monoisotopic (exact) mass is 274 g/mol. The van der Waals surface area contributed by atoms with Crippen molar-refractivity contribution in [3.05, 3.63) is 33.9 Å². The second kappa shape index (κ2) is 8.70. The maximum atomic E-state index is 11.0. The number of hydrogen-bond acceptors (Lipinski definition) is 4. The van der Waals surface area contributed by atoms with Gasteiger partial charge in [0.25, 0.3) is 5.69 Å². The molecule has 0 bridgehead atoms. The first-order chi connectivity index (χ1) is 9.69. The van der Waals surface area contributed by atoms with Crippen molar-refractivity contribution in [3.8, 4) is 11.8 Å². The molecule has 0 aromatic heterocycles. The summed E-state index contributed by atoms with van der Waals surface area (Å²) in [4.78, 5) is 20.8. The molecule has 0 radical (unpaired) electrons. The fourth-order valence-corrected chi connectivity index (χ4v) is 1.81. The van der Waals surface area contributed by atoms with Crippen molar-refractivity contribution in [1.82, 2.24) is 0 Å². The van der Waals surface area contributed by atoms with Crippen molar-refractivity contribution in [2.45, 2.75) is 32.6 Å². The molecule has 0 amide bonds. The van der Waals surface area contributed by atoms with Crippen LogP contribution in [0.3, 0.4) is 0 Å². The van der Waals surface area contributed by atoms with E-state index >= 15 is 0 Å². The Labute approximate surface area is 118 Å². The molecule has 0 spiro atoms. The summed E-state index contributed by atoms with van der Waals surface area (Å²) in [5.41, 5.74) is 1.18. The number of unbranched alkanes of at least 4 members (excludes halogenated alkanes) is 3. The Balaban J connectivity index is 2.61. The van der Waals surface area contributed by atoms with Crippen LogP contribution in [0.4, 0.5) is 11.4 Å². The molecule has 0 atom stereocenters. The number of nitrogens with one attached hydrogen (secondary N) is 1. The number of rotatable bonds is 8. The van der Waals surface area contributed by atoms with Crippen LogP contribution in [0, 0.1) is 22.0 Å². The van der Waals surface area contributed by atoms with Crippen molar-refractivity contribution >= 4 is 17.7 Å². The van der Waals surface area contributed by atoms with Crippen LogP contribution >= 0.6 is 0 Å². The number of nitrogens with zero attached hydrogens (tertiary/aromatic N) is 1. The Morgan fingerprint density at radius 2 is 2.15 bits per heavy atom. The van der Waals surface area contributed by atoms with E-state index in [0.717, 1.165) is 25.5 Å². The minimum atomic E-state index is -0.407. The molecule has 5 heteroatoms. The molecule has 0 heterocycles. The molecule has 0 aliphatic carbocycles. The van der Waals surface area contributed by atoms with Gasteiger partial charge in [-0.1, -0.05) is 12.3 Å². The molecule has 0 saturated heterocycles. The van der Waals surface area contributed by atoms with Gasteiger partial charge in [-0.15, -0.1) is 5.92 Å². The number of carbonyl (C=O) groups excluding carboxylic acids is 1. The highest BCUT2D eigenvalue weighted by molar-refractivity contribution is 5.64. The summed E-state index contributed by atoms with van der Waals surface area (Å²) in [6.45, 7) is 2.34. The lowest BCUT2D eigenvalue weighted by atomic mass is 10.1. The maximum Gasteiger partial charge on any atom is 0.293 e. The Morgan fingerprint density at radius 1 is 1.35 bits per heavy atom. The van der Waals surface area contributed by atoms with Gasteiger partial charge in [0, 0.05) is 24.6 Å². The first-order valence-electron chi connectivity index (χ1n) is 6.57. The highest BCUT2D eigenvalue weighted by Gasteiger charge is 2.13. The van der Waals surface area contributed by atoms with Crippen LogP contribution < -0.4 is 5.32 Å². The van der Waals surface area contributed by atoms with Gasteiger partial charge in [-0.2, -0.15) is 0 Å². The topological polar surface area (TPSA) is 72.2 Å². The molecular formula is C15H18N2O3. The predicted molar refractivity (Wildman–Crippen MR) is 78.7 cm³/mol. The fourth-order valence-electron chi connectivity index (χ4n) is 1.81. The Kier molecular flexibility index (Phi) is 6.83. The summed E-state index contributed by atoms with van der Waals surface area (Å²) in [6.07, 6.45) is 4.15. The quantitative estimate of drug-likeness (QED) is 0.260. The second-order valence-corrected chi connectivity index (χ2v) is 4.31. The SMILES string of the molecule is CC#Cc1ccc(NCCCCCC=O)c([N+](=O)[O-])c1. The molecule has 0 saturated carbocycles. The highest BCUT2D eigenvalue weighted by atomic mass is 16.6. The number of benzene rings is 1. The number of nitro groups is 1. The first kappa shape index (κ1) is 15.7. The third kappa shape index (κ3) is 5.11. The van der Waals surface area contributed by atoms with E-state index in [-0.39, 0.29) is 5.69 Å². The van der Waals surface area contributed by atoms with Gasteiger partial charge in [0.1, 0.15) is 12.0 Å². The van der Waals surface area contributed by atoms with Crippen LogP contribution in [0.5, 0.6) is 0 Å². The summed E-state index contributed by atoms with van der Waals surface area (Å²) in [6, 6.07) is 4.92. The molecule has 0 unspecified atom stereocenters. The zero-order chi connectivity index (χ0) is 14.8. The number of nitro benzene ring substituents is 1. The van der Waals surface area contributed by atoms with Gasteiger partial charge in [0.05, 0.1) is 4.92 Å². The number of aldehydes is 1. The molecule has 106 valence electrons. The van der Waals surface area contributed by atoms with Crippen LogP contribution in [0.15, 0.2) is 18.2 Å². The van der Waals surface area contributed by atoms with E-state index in [1.165, 1.54) is 6.07 Å². The van der Waals surface area contributed by atoms with E-state index in [4.69, 9.17) is 0 Å². The van der Waals surface area contributed by atoms with E-state index in [1.54, 1.807) is 19.1 Å². The van der Waals surface area contributed by atoms with Crippen LogP contribution in [0.2, 0.25) is 0 Å². The Hall–Kier alpha value is -2.35. The third-order valence-electron chi connectivity index (χ3n) is 2.78. The van der Waals surface area contributed by atoms with Gasteiger partial charge in [-0.25, -0.2) is 0 Å². The maximum absolute atomic E-state index is 11.0. The van der Waals surface area contributed by atoms with Crippen LogP contribution in [-0.4, -0.2) is 17.8 Å². The molecular weight excluding hydrogens is 256 g/mol. The van der Waals surface area contributed by atoms with E-state index < -0.39 is 4.92 Å². The molecule has 20 heavy (non-hydrogen) atoms. The lowest BCUT2D eigenvalue weighted by molar-refractivity contribution is -0.384. The van der Waals surface area contributed by atoms with Gasteiger partial charge >= 0.3 is 0 Å². The largest absolute Gasteiger partial charge is 0.379 e. The molecule has 0 aliphatic heterocycles. The number of anilines is 1. The Bertz CT molecular complexity index is 530. The van der Waals surface area contributed by atoms with Crippen molar-refractivity contribution < 1.29 is 9.72 Å². The minimum absolute atomic E-state index is 0.0399. The molecule has 1 N–H and O–H groups in total. The molecule has 1 aromatic rings. The average Bonchev–Trinajstić information content (AvgIpc) is 2.44. The number of hydrogen-bond donors (Lipinski definition) is 1. The van der Waals surface area contributed by atoms with Crippen molar-refractivity contribution in [2.75, 3.05) is 11.9 Å². The Morgan fingerprint density at radius 3 is 2.80 bits per heavy atom. The molecule has 5 nitrogen and oxygen atoms in total. The minimum Gasteiger partial charge on any atom is -0.379 e. The summed E-state index contributed by atoms with van der Waals surface area (Å²) in [5, 5.41) is 14.1. The molecule has 1 rings (SSSR count). The zero-order valence-electron chi connectivity index (χ0n) is 11.5. The van der Waals surface area contributed by atoms with Crippen LogP contribution in [0.25, 0.3) is 0 Å². The lowest BCUT2D eigenvalue weighted by Crippen LogP contribution is -2.04. The van der Waals surface area contributed by atoms with Gasteiger partial charge < -0.3 is 10.1 Å². The zero-order valence-corrected chi connectivity index (χ0v) is 11.5. The molecule has 0 fully saturated rings. The van der Waals surface area contributed by atoms with Gasteiger partial charge in [0.15, 0.2) is 0 Å². The third-order valence-corrected chi connectivity index (χ3v) is 2.78. The van der Waals surface area contributed by atoms with Gasteiger partial charge in [-0.3, -0.25) is 10.1 Å². The van der Waals surface area contributed by atoms with Crippen LogP contribution in [0.1, 0.15) is 38.2 Å². The van der Waals surface area contributed by atoms with Crippen LogP contribution in [-0.2, 0) is 4.79 Å². The van der Waals surface area contributed by atoms with E-state index in [0.29, 0.717) is 24.2 Å². The van der Waals surface area contributed by atoms with Gasteiger partial charge in [0.2, 0.25) is 0 Å². The molecule has 1 aromatic carbocycles. The van der Waals surface area contributed by atoms with Crippen molar-refractivity contribution in [3.63, 3.8) is 0 Å². The standard InChI is InChI=1S/C15H18N2O3/c1-2-7-13-8-9-14(15(12-13)17(19)20)16-10-5-3-4-6-11-18/h8-9,11-12,16H,3-6,10H2,1H3. The van der Waals surface area contributed by atoms with Crippen molar-refractivity contribution in [2.24, 2.45) is 0 Å². The highest BCUT2D eigenvalue weighted by Crippen LogP contribution is 2.25. The second-order valence-electron chi connectivity index (χ2n) is 4.31. The summed E-state index contributed by atoms with van der Waals surface area (Å²) in [5.74, 6) is 5.53. The predicted octanol–water partition coefficient (Wildman–Crippen LogP) is 3.14. The summed E-state index contributed by atoms with van der Waals surface area (Å²) >= 11 is 0. The lowest BCUT2D eigenvalue weighted by Gasteiger charge is -2.07. The summed E-state index contributed by atoms with van der Waals surface area (Å²) in [7, 11) is 0. The summed E-state index contributed by atoms with van der Waals surface area (Å²) < 4.78 is 0. The fraction of sp³-hybridized carbons (Fsp3) is 0.400. The van der Waals surface area contributed by atoms with E-state index in [2.05, 4.69) is 17.2 Å². The average molecular weight is 274 g/mol. The number of carbonyl (C=O) groups is 1.